The van der Waals surface area contributed by atoms with Crippen LogP contribution in [-0.4, -0.2) is 34.1 Å². The van der Waals surface area contributed by atoms with E-state index < -0.39 is 11.5 Å². The topological polar surface area (TPSA) is 104 Å². The predicted octanol–water partition coefficient (Wildman–Crippen LogP) is 9.39. The van der Waals surface area contributed by atoms with Crippen molar-refractivity contribution in [2.75, 3.05) is 0 Å². The van der Waals surface area contributed by atoms with Crippen LogP contribution >= 0.6 is 0 Å². The number of carbonyl (C=O) groups excluding carboxylic acids is 2. The Balaban J connectivity index is 1.26. The minimum absolute atomic E-state index is 0.0247. The average molecular weight is 704 g/mol. The molecule has 2 N–H and O–H groups in total. The third-order valence-corrected chi connectivity index (χ3v) is 17.1. The lowest BCUT2D eigenvalue weighted by molar-refractivity contribution is -0.251. The van der Waals surface area contributed by atoms with E-state index in [0.717, 1.165) is 80.6 Å². The molecule has 1 aromatic heterocycles. The minimum atomic E-state index is -0.567. The van der Waals surface area contributed by atoms with Crippen LogP contribution in [0.25, 0.3) is 0 Å². The van der Waals surface area contributed by atoms with E-state index in [4.69, 9.17) is 20.2 Å². The summed E-state index contributed by atoms with van der Waals surface area (Å²) in [6.07, 6.45) is 11.2. The lowest BCUT2D eigenvalue weighted by Gasteiger charge is -2.72. The van der Waals surface area contributed by atoms with E-state index in [1.54, 1.807) is 0 Å². The first-order valence-corrected chi connectivity index (χ1v) is 20.4. The molecule has 5 fully saturated rings. The van der Waals surface area contributed by atoms with Crippen molar-refractivity contribution in [1.29, 1.82) is 0 Å². The van der Waals surface area contributed by atoms with Crippen molar-refractivity contribution in [2.45, 2.75) is 166 Å². The SMILES string of the molecule is C=C(C)[C@@H]1CC[C@]2(C(=O)OCc3nc(C)c(C)nc3C)CC[C@]3(C)[C@H](CC[C@@H]4[C@@]5(C)CC[C@H](OC(=O)[C@@H](N)[C@@H](C)CC)C(C)(C)[C@@H]5CC[C@]43C)[C@@H]12. The Labute approximate surface area is 309 Å². The molecule has 0 unspecified atom stereocenters. The maximum absolute atomic E-state index is 14.5. The summed E-state index contributed by atoms with van der Waals surface area (Å²) in [4.78, 5) is 37.1. The molecule has 0 aliphatic heterocycles. The van der Waals surface area contributed by atoms with Gasteiger partial charge in [0.15, 0.2) is 0 Å². The van der Waals surface area contributed by atoms with Crippen LogP contribution in [0.1, 0.15) is 149 Å². The number of fused-ring (bicyclic) bond motifs is 7. The van der Waals surface area contributed by atoms with Gasteiger partial charge in [-0.2, -0.15) is 0 Å². The number of hydrogen-bond acceptors (Lipinski definition) is 7. The number of nitrogens with two attached hydrogens (primary N) is 1. The van der Waals surface area contributed by atoms with Crippen molar-refractivity contribution < 1.29 is 19.1 Å². The number of aryl methyl sites for hydroxylation is 3. The fourth-order valence-electron chi connectivity index (χ4n) is 13.6. The van der Waals surface area contributed by atoms with Crippen molar-refractivity contribution in [3.05, 3.63) is 34.9 Å². The van der Waals surface area contributed by atoms with Crippen LogP contribution in [0.15, 0.2) is 12.2 Å². The molecule has 284 valence electrons. The van der Waals surface area contributed by atoms with Crippen LogP contribution in [0.5, 0.6) is 0 Å². The molecule has 7 heteroatoms. The average Bonchev–Trinajstić information content (AvgIpc) is 3.48. The zero-order valence-corrected chi connectivity index (χ0v) is 33.9. The first-order chi connectivity index (χ1) is 23.8. The molecule has 0 saturated heterocycles. The number of ether oxygens (including phenoxy) is 2. The molecule has 6 rings (SSSR count). The molecule has 0 aromatic carbocycles. The standard InChI is InChI=1S/C44H69N3O4/c1-13-26(4)37(45)38(48)51-35-18-19-41(10)33(40(35,8)9)17-20-43(12)34(41)15-14-31-36-30(25(2)3)16-21-44(36,23-22-42(31,43)11)39(49)50-24-32-29(7)46-27(5)28(6)47-32/h26,30-31,33-37H,2,13-24,45H2,1,3-12H3/t26-,30-,31+,33-,34+,35-,36+,37-,41-,42+,43+,44-/m0/s1. The Morgan fingerprint density at radius 3 is 2.22 bits per heavy atom. The van der Waals surface area contributed by atoms with Crippen molar-refractivity contribution in [3.8, 4) is 0 Å². The zero-order chi connectivity index (χ0) is 37.5. The van der Waals surface area contributed by atoms with Gasteiger partial charge in [-0.1, -0.05) is 67.0 Å². The van der Waals surface area contributed by atoms with Crippen LogP contribution in [0.2, 0.25) is 0 Å². The number of rotatable bonds is 8. The van der Waals surface area contributed by atoms with E-state index in [0.29, 0.717) is 23.7 Å². The van der Waals surface area contributed by atoms with E-state index in [1.807, 2.05) is 27.7 Å². The summed E-state index contributed by atoms with van der Waals surface area (Å²) in [6.45, 7) is 29.5. The van der Waals surface area contributed by atoms with Gasteiger partial charge in [-0.25, -0.2) is 0 Å². The van der Waals surface area contributed by atoms with Crippen LogP contribution in [0.4, 0.5) is 0 Å². The summed E-state index contributed by atoms with van der Waals surface area (Å²) in [5.41, 5.74) is 10.8. The molecule has 0 radical (unpaired) electrons. The third-order valence-electron chi connectivity index (χ3n) is 17.1. The van der Waals surface area contributed by atoms with E-state index >= 15 is 0 Å². The second kappa shape index (κ2) is 13.2. The molecule has 12 atom stereocenters. The van der Waals surface area contributed by atoms with Crippen molar-refractivity contribution >= 4 is 11.9 Å². The van der Waals surface area contributed by atoms with Gasteiger partial charge >= 0.3 is 11.9 Å². The molecule has 0 bridgehead atoms. The molecule has 51 heavy (non-hydrogen) atoms. The van der Waals surface area contributed by atoms with Gasteiger partial charge in [0.25, 0.3) is 0 Å². The molecule has 1 aromatic rings. The lowest BCUT2D eigenvalue weighted by Crippen LogP contribution is -2.67. The molecule has 7 nitrogen and oxygen atoms in total. The Morgan fingerprint density at radius 1 is 0.863 bits per heavy atom. The number of allylic oxidation sites excluding steroid dienone is 1. The van der Waals surface area contributed by atoms with Gasteiger partial charge in [0.05, 0.1) is 28.2 Å². The summed E-state index contributed by atoms with van der Waals surface area (Å²) in [7, 11) is 0. The fourth-order valence-corrected chi connectivity index (χ4v) is 13.6. The molecule has 0 spiro atoms. The highest BCUT2D eigenvalue weighted by molar-refractivity contribution is 5.78. The Morgan fingerprint density at radius 2 is 1.55 bits per heavy atom. The first-order valence-electron chi connectivity index (χ1n) is 20.4. The van der Waals surface area contributed by atoms with Crippen LogP contribution in [-0.2, 0) is 25.7 Å². The normalized spacial score (nSPS) is 40.9. The highest BCUT2D eigenvalue weighted by Crippen LogP contribution is 2.77. The van der Waals surface area contributed by atoms with Crippen molar-refractivity contribution in [2.24, 2.45) is 68.3 Å². The molecule has 5 aliphatic rings. The summed E-state index contributed by atoms with van der Waals surface area (Å²) in [5, 5.41) is 0. The summed E-state index contributed by atoms with van der Waals surface area (Å²) in [6, 6.07) is -0.567. The highest BCUT2D eigenvalue weighted by Gasteiger charge is 2.72. The van der Waals surface area contributed by atoms with Crippen LogP contribution in [0.3, 0.4) is 0 Å². The maximum Gasteiger partial charge on any atom is 0.323 e. The number of nitrogens with zero attached hydrogens (tertiary/aromatic N) is 2. The number of aromatic nitrogens is 2. The van der Waals surface area contributed by atoms with Crippen molar-refractivity contribution in [1.82, 2.24) is 9.97 Å². The van der Waals surface area contributed by atoms with Gasteiger partial charge in [0, 0.05) is 5.41 Å². The Hall–Kier alpha value is -2.28. The smallest absolute Gasteiger partial charge is 0.323 e. The molecular formula is C44H69N3O4. The molecular weight excluding hydrogens is 635 g/mol. The van der Waals surface area contributed by atoms with E-state index in [2.05, 4.69) is 60.0 Å². The van der Waals surface area contributed by atoms with Gasteiger partial charge in [-0.05, 0) is 144 Å². The lowest BCUT2D eigenvalue weighted by atomic mass is 9.32. The van der Waals surface area contributed by atoms with Gasteiger partial charge in [0.1, 0.15) is 18.8 Å². The third kappa shape index (κ3) is 5.75. The number of carbonyl (C=O) groups is 2. The van der Waals surface area contributed by atoms with Crippen LogP contribution in [0, 0.1) is 83.4 Å². The summed E-state index contributed by atoms with van der Waals surface area (Å²) in [5.74, 6) is 1.93. The number of hydrogen-bond donors (Lipinski definition) is 1. The molecule has 0 amide bonds. The minimum Gasteiger partial charge on any atom is -0.461 e. The van der Waals surface area contributed by atoms with Gasteiger partial charge < -0.3 is 15.2 Å². The molecule has 1 heterocycles. The number of esters is 2. The largest absolute Gasteiger partial charge is 0.461 e. The van der Waals surface area contributed by atoms with Gasteiger partial charge in [-0.15, -0.1) is 0 Å². The van der Waals surface area contributed by atoms with E-state index in [9.17, 15) is 9.59 Å². The molecule has 5 saturated carbocycles. The van der Waals surface area contributed by atoms with Gasteiger partial charge in [-0.3, -0.25) is 19.6 Å². The Bertz CT molecular complexity index is 1550. The second-order valence-corrected chi connectivity index (χ2v) is 19.5. The monoisotopic (exact) mass is 704 g/mol. The Kier molecular flexibility index (Phi) is 9.98. The predicted molar refractivity (Wildman–Crippen MR) is 202 cm³/mol. The second-order valence-electron chi connectivity index (χ2n) is 19.5. The molecule has 5 aliphatic carbocycles. The summed E-state index contributed by atoms with van der Waals surface area (Å²) >= 11 is 0. The quantitative estimate of drug-likeness (QED) is 0.213. The van der Waals surface area contributed by atoms with E-state index in [1.165, 1.54) is 18.4 Å². The van der Waals surface area contributed by atoms with E-state index in [-0.39, 0.29) is 58.1 Å². The fraction of sp³-hybridized carbons (Fsp3) is 0.818. The summed E-state index contributed by atoms with van der Waals surface area (Å²) < 4.78 is 12.6. The van der Waals surface area contributed by atoms with Crippen LogP contribution < -0.4 is 5.73 Å². The highest BCUT2D eigenvalue weighted by atomic mass is 16.5. The van der Waals surface area contributed by atoms with Gasteiger partial charge in [0.2, 0.25) is 0 Å². The maximum atomic E-state index is 14.5. The van der Waals surface area contributed by atoms with Crippen molar-refractivity contribution in [3.63, 3.8) is 0 Å². The first kappa shape index (κ1) is 38.4. The zero-order valence-electron chi connectivity index (χ0n) is 33.9.